The van der Waals surface area contributed by atoms with E-state index in [1.165, 1.54) is 0 Å². The van der Waals surface area contributed by atoms with E-state index in [2.05, 4.69) is 4.98 Å². The van der Waals surface area contributed by atoms with E-state index in [4.69, 9.17) is 10.2 Å². The van der Waals surface area contributed by atoms with Gasteiger partial charge < -0.3 is 15.3 Å². The normalized spacial score (nSPS) is 10.5. The van der Waals surface area contributed by atoms with Gasteiger partial charge in [0.2, 0.25) is 5.89 Å². The Balaban J connectivity index is 2.29. The molecule has 0 atom stereocenters. The van der Waals surface area contributed by atoms with Gasteiger partial charge in [-0.1, -0.05) is 6.07 Å². The Morgan fingerprint density at radius 3 is 3.00 bits per heavy atom. The smallest absolute Gasteiger partial charge is 0.226 e. The second kappa shape index (κ2) is 4.14. The Morgan fingerprint density at radius 2 is 2.27 bits per heavy atom. The van der Waals surface area contributed by atoms with E-state index in [1.54, 1.807) is 24.4 Å². The Labute approximate surface area is 87.4 Å². The van der Waals surface area contributed by atoms with Crippen LogP contribution in [-0.2, 0) is 6.42 Å². The van der Waals surface area contributed by atoms with Crippen molar-refractivity contribution in [1.29, 1.82) is 0 Å². The summed E-state index contributed by atoms with van der Waals surface area (Å²) in [5.41, 5.74) is 6.17. The molecule has 78 valence electrons. The Bertz CT molecular complexity index is 451. The van der Waals surface area contributed by atoms with Crippen LogP contribution in [0.15, 0.2) is 34.9 Å². The number of oxazole rings is 1. The third-order valence-electron chi connectivity index (χ3n) is 2.04. The highest BCUT2D eigenvalue weighted by Crippen LogP contribution is 2.22. The molecular formula is C11H12N2O2. The lowest BCUT2D eigenvalue weighted by Crippen LogP contribution is -2.01. The number of nitrogens with two attached hydrogens (primary N) is 1. The number of phenols is 1. The molecule has 0 bridgehead atoms. The third-order valence-corrected chi connectivity index (χ3v) is 2.04. The molecule has 0 saturated carbocycles. The van der Waals surface area contributed by atoms with Gasteiger partial charge in [0, 0.05) is 12.0 Å². The number of rotatable bonds is 3. The first kappa shape index (κ1) is 9.73. The van der Waals surface area contributed by atoms with Crippen molar-refractivity contribution in [1.82, 2.24) is 4.98 Å². The summed E-state index contributed by atoms with van der Waals surface area (Å²) in [5.74, 6) is 1.47. The average molecular weight is 204 g/mol. The van der Waals surface area contributed by atoms with Crippen molar-refractivity contribution in [3.05, 3.63) is 36.2 Å². The fraction of sp³-hybridized carbons (Fsp3) is 0.182. The highest BCUT2D eigenvalue weighted by Gasteiger charge is 2.06. The minimum atomic E-state index is 0.200. The third kappa shape index (κ3) is 2.16. The van der Waals surface area contributed by atoms with Gasteiger partial charge in [0.15, 0.2) is 0 Å². The maximum absolute atomic E-state index is 9.30. The van der Waals surface area contributed by atoms with E-state index in [9.17, 15) is 5.11 Å². The van der Waals surface area contributed by atoms with E-state index in [-0.39, 0.29) is 5.75 Å². The van der Waals surface area contributed by atoms with Gasteiger partial charge in [-0.05, 0) is 24.7 Å². The summed E-state index contributed by atoms with van der Waals surface area (Å²) >= 11 is 0. The first-order valence-electron chi connectivity index (χ1n) is 4.74. The minimum Gasteiger partial charge on any atom is -0.508 e. The van der Waals surface area contributed by atoms with E-state index >= 15 is 0 Å². The van der Waals surface area contributed by atoms with Crippen LogP contribution in [0.3, 0.4) is 0 Å². The number of hydrogen-bond acceptors (Lipinski definition) is 4. The van der Waals surface area contributed by atoms with E-state index < -0.39 is 0 Å². The number of aromatic hydroxyl groups is 1. The molecule has 15 heavy (non-hydrogen) atoms. The zero-order chi connectivity index (χ0) is 10.7. The lowest BCUT2D eigenvalue weighted by atomic mass is 10.2. The lowest BCUT2D eigenvalue weighted by molar-refractivity contribution is 0.474. The molecule has 0 aliphatic carbocycles. The summed E-state index contributed by atoms with van der Waals surface area (Å²) in [4.78, 5) is 4.11. The zero-order valence-corrected chi connectivity index (χ0v) is 8.18. The molecule has 0 spiro atoms. The van der Waals surface area contributed by atoms with Crippen LogP contribution in [0.4, 0.5) is 0 Å². The van der Waals surface area contributed by atoms with Crippen molar-refractivity contribution in [2.45, 2.75) is 6.42 Å². The maximum atomic E-state index is 9.30. The van der Waals surface area contributed by atoms with Gasteiger partial charge in [0.25, 0.3) is 0 Å². The summed E-state index contributed by atoms with van der Waals surface area (Å²) in [5, 5.41) is 9.30. The molecule has 3 N–H and O–H groups in total. The van der Waals surface area contributed by atoms with Gasteiger partial charge in [-0.25, -0.2) is 4.98 Å². The molecule has 0 saturated heterocycles. The summed E-state index contributed by atoms with van der Waals surface area (Å²) in [6.07, 6.45) is 2.33. The SMILES string of the molecule is NCCc1cnc(-c2cccc(O)c2)o1. The Kier molecular flexibility index (Phi) is 2.69. The number of nitrogens with zero attached hydrogens (tertiary/aromatic N) is 1. The number of aromatic nitrogens is 1. The van der Waals surface area contributed by atoms with Gasteiger partial charge in [0.1, 0.15) is 11.5 Å². The van der Waals surface area contributed by atoms with Crippen molar-refractivity contribution in [2.24, 2.45) is 5.73 Å². The van der Waals surface area contributed by atoms with Crippen LogP contribution in [0.1, 0.15) is 5.76 Å². The quantitative estimate of drug-likeness (QED) is 0.795. The molecule has 4 heteroatoms. The molecule has 1 aromatic heterocycles. The van der Waals surface area contributed by atoms with Crippen molar-refractivity contribution in [2.75, 3.05) is 6.54 Å². The minimum absolute atomic E-state index is 0.200. The standard InChI is InChI=1S/C11H12N2O2/c12-5-4-10-7-13-11(15-10)8-2-1-3-9(14)6-8/h1-3,6-7,14H,4-5,12H2. The zero-order valence-electron chi connectivity index (χ0n) is 8.18. The molecule has 0 amide bonds. The van der Waals surface area contributed by atoms with Crippen molar-refractivity contribution in [3.8, 4) is 17.2 Å². The van der Waals surface area contributed by atoms with Crippen molar-refractivity contribution < 1.29 is 9.52 Å². The second-order valence-corrected chi connectivity index (χ2v) is 3.22. The van der Waals surface area contributed by atoms with Crippen LogP contribution >= 0.6 is 0 Å². The monoisotopic (exact) mass is 204 g/mol. The molecule has 0 radical (unpaired) electrons. The molecule has 0 unspecified atom stereocenters. The molecule has 1 aromatic carbocycles. The molecule has 0 aliphatic heterocycles. The van der Waals surface area contributed by atoms with E-state index in [0.717, 1.165) is 11.3 Å². The molecule has 4 nitrogen and oxygen atoms in total. The maximum Gasteiger partial charge on any atom is 0.226 e. The first-order valence-corrected chi connectivity index (χ1v) is 4.74. The molecule has 2 aromatic rings. The first-order chi connectivity index (χ1) is 7.29. The predicted molar refractivity (Wildman–Crippen MR) is 56.4 cm³/mol. The van der Waals surface area contributed by atoms with Crippen LogP contribution in [-0.4, -0.2) is 16.6 Å². The molecular weight excluding hydrogens is 192 g/mol. The fourth-order valence-electron chi connectivity index (χ4n) is 1.34. The van der Waals surface area contributed by atoms with Gasteiger partial charge in [-0.15, -0.1) is 0 Å². The molecule has 2 rings (SSSR count). The lowest BCUT2D eigenvalue weighted by Gasteiger charge is -1.96. The number of benzene rings is 1. The molecule has 1 heterocycles. The predicted octanol–water partition coefficient (Wildman–Crippen LogP) is 1.55. The van der Waals surface area contributed by atoms with Crippen LogP contribution in [0, 0.1) is 0 Å². The van der Waals surface area contributed by atoms with Gasteiger partial charge in [-0.2, -0.15) is 0 Å². The van der Waals surface area contributed by atoms with E-state index in [1.807, 2.05) is 6.07 Å². The average Bonchev–Trinajstić information content (AvgIpc) is 2.67. The van der Waals surface area contributed by atoms with Gasteiger partial charge >= 0.3 is 0 Å². The van der Waals surface area contributed by atoms with Gasteiger partial charge in [-0.3, -0.25) is 0 Å². The van der Waals surface area contributed by atoms with E-state index in [0.29, 0.717) is 18.9 Å². The highest BCUT2D eigenvalue weighted by atomic mass is 16.4. The number of hydrogen-bond donors (Lipinski definition) is 2. The van der Waals surface area contributed by atoms with Crippen LogP contribution in [0.25, 0.3) is 11.5 Å². The summed E-state index contributed by atoms with van der Waals surface area (Å²) in [6, 6.07) is 6.79. The summed E-state index contributed by atoms with van der Waals surface area (Å²) < 4.78 is 5.46. The van der Waals surface area contributed by atoms with Crippen molar-refractivity contribution >= 4 is 0 Å². The Morgan fingerprint density at radius 1 is 1.40 bits per heavy atom. The largest absolute Gasteiger partial charge is 0.508 e. The van der Waals surface area contributed by atoms with Crippen LogP contribution < -0.4 is 5.73 Å². The Hall–Kier alpha value is -1.81. The molecule has 0 aliphatic rings. The topological polar surface area (TPSA) is 72.3 Å². The summed E-state index contributed by atoms with van der Waals surface area (Å²) in [7, 11) is 0. The van der Waals surface area contributed by atoms with Crippen LogP contribution in [0.5, 0.6) is 5.75 Å². The van der Waals surface area contributed by atoms with Crippen molar-refractivity contribution in [3.63, 3.8) is 0 Å². The summed E-state index contributed by atoms with van der Waals surface area (Å²) in [6.45, 7) is 0.536. The number of phenolic OH excluding ortho intramolecular Hbond substituents is 1. The van der Waals surface area contributed by atoms with Crippen LogP contribution in [0.2, 0.25) is 0 Å². The molecule has 0 fully saturated rings. The highest BCUT2D eigenvalue weighted by molar-refractivity contribution is 5.55. The van der Waals surface area contributed by atoms with Gasteiger partial charge in [0.05, 0.1) is 6.20 Å². The fourth-order valence-corrected chi connectivity index (χ4v) is 1.34. The second-order valence-electron chi connectivity index (χ2n) is 3.22.